The quantitative estimate of drug-likeness (QED) is 0.805. The Morgan fingerprint density at radius 2 is 1.82 bits per heavy atom. The van der Waals surface area contributed by atoms with Crippen LogP contribution in [0, 0.1) is 0 Å². The molecule has 0 spiro atoms. The van der Waals surface area contributed by atoms with Gasteiger partial charge in [0.05, 0.1) is 14.2 Å². The topological polar surface area (TPSA) is 67.9 Å². The summed E-state index contributed by atoms with van der Waals surface area (Å²) in [6.45, 7) is 0.942. The number of hydrogen-bond acceptors (Lipinski definition) is 4. The Labute approximate surface area is 169 Å². The van der Waals surface area contributed by atoms with E-state index in [2.05, 4.69) is 5.32 Å². The normalized spacial score (nSPS) is 16.0. The Morgan fingerprint density at radius 3 is 2.50 bits per heavy atom. The SMILES string of the molecule is COc1ccc(C(=O)N2CCCC2C(=O)NCc2ccc(Cl)cc2)cc1OC. The van der Waals surface area contributed by atoms with Crippen LogP contribution >= 0.6 is 11.6 Å². The van der Waals surface area contributed by atoms with Crippen molar-refractivity contribution in [2.75, 3.05) is 20.8 Å². The molecule has 1 heterocycles. The molecule has 1 saturated heterocycles. The van der Waals surface area contributed by atoms with Crippen molar-refractivity contribution >= 4 is 23.4 Å². The van der Waals surface area contributed by atoms with Gasteiger partial charge in [0.1, 0.15) is 6.04 Å². The van der Waals surface area contributed by atoms with Gasteiger partial charge in [-0.25, -0.2) is 0 Å². The van der Waals surface area contributed by atoms with E-state index in [9.17, 15) is 9.59 Å². The summed E-state index contributed by atoms with van der Waals surface area (Å²) in [6, 6.07) is 11.8. The summed E-state index contributed by atoms with van der Waals surface area (Å²) >= 11 is 5.88. The molecule has 0 saturated carbocycles. The highest BCUT2D eigenvalue weighted by Crippen LogP contribution is 2.29. The second-order valence-electron chi connectivity index (χ2n) is 6.57. The van der Waals surface area contributed by atoms with Gasteiger partial charge in [-0.1, -0.05) is 23.7 Å². The first-order valence-corrected chi connectivity index (χ1v) is 9.46. The number of ether oxygens (including phenoxy) is 2. The molecule has 0 aliphatic carbocycles. The van der Waals surface area contributed by atoms with E-state index in [-0.39, 0.29) is 11.8 Å². The first-order chi connectivity index (χ1) is 13.5. The van der Waals surface area contributed by atoms with Crippen LogP contribution in [0.3, 0.4) is 0 Å². The van der Waals surface area contributed by atoms with Gasteiger partial charge < -0.3 is 19.7 Å². The lowest BCUT2D eigenvalue weighted by Gasteiger charge is -2.24. The van der Waals surface area contributed by atoms with Crippen molar-refractivity contribution in [1.29, 1.82) is 0 Å². The van der Waals surface area contributed by atoms with Crippen LogP contribution in [-0.4, -0.2) is 43.5 Å². The van der Waals surface area contributed by atoms with Gasteiger partial charge in [-0.05, 0) is 48.7 Å². The molecule has 0 radical (unpaired) electrons. The number of nitrogens with zero attached hydrogens (tertiary/aromatic N) is 1. The number of benzene rings is 2. The van der Waals surface area contributed by atoms with E-state index in [0.29, 0.717) is 41.6 Å². The number of amides is 2. The average Bonchev–Trinajstić information content (AvgIpc) is 3.22. The van der Waals surface area contributed by atoms with Gasteiger partial charge in [0, 0.05) is 23.7 Å². The van der Waals surface area contributed by atoms with E-state index in [1.54, 1.807) is 42.3 Å². The van der Waals surface area contributed by atoms with Gasteiger partial charge in [-0.2, -0.15) is 0 Å². The number of halogens is 1. The molecule has 1 aliphatic heterocycles. The predicted octanol–water partition coefficient (Wildman–Crippen LogP) is 3.28. The summed E-state index contributed by atoms with van der Waals surface area (Å²) in [5.41, 5.74) is 1.42. The molecular weight excluding hydrogens is 380 g/mol. The van der Waals surface area contributed by atoms with Crippen molar-refractivity contribution in [3.05, 3.63) is 58.6 Å². The Morgan fingerprint density at radius 1 is 1.11 bits per heavy atom. The van der Waals surface area contributed by atoms with Gasteiger partial charge in [0.2, 0.25) is 5.91 Å². The number of carbonyl (C=O) groups is 2. The van der Waals surface area contributed by atoms with Crippen LogP contribution < -0.4 is 14.8 Å². The smallest absolute Gasteiger partial charge is 0.254 e. The monoisotopic (exact) mass is 402 g/mol. The molecule has 2 aromatic rings. The predicted molar refractivity (Wildman–Crippen MR) is 107 cm³/mol. The number of methoxy groups -OCH3 is 2. The maximum Gasteiger partial charge on any atom is 0.254 e. The van der Waals surface area contributed by atoms with Gasteiger partial charge in [0.15, 0.2) is 11.5 Å². The van der Waals surface area contributed by atoms with Crippen molar-refractivity contribution in [2.24, 2.45) is 0 Å². The molecule has 1 N–H and O–H groups in total. The third-order valence-electron chi connectivity index (χ3n) is 4.83. The fourth-order valence-corrected chi connectivity index (χ4v) is 3.45. The van der Waals surface area contributed by atoms with Crippen molar-refractivity contribution < 1.29 is 19.1 Å². The molecule has 3 rings (SSSR count). The second kappa shape index (κ2) is 8.97. The largest absolute Gasteiger partial charge is 0.493 e. The minimum atomic E-state index is -0.479. The van der Waals surface area contributed by atoms with E-state index >= 15 is 0 Å². The highest BCUT2D eigenvalue weighted by molar-refractivity contribution is 6.30. The number of rotatable bonds is 6. The van der Waals surface area contributed by atoms with Crippen LogP contribution in [0.2, 0.25) is 5.02 Å². The third kappa shape index (κ3) is 4.39. The van der Waals surface area contributed by atoms with Gasteiger partial charge >= 0.3 is 0 Å². The zero-order valence-corrected chi connectivity index (χ0v) is 16.7. The molecule has 1 aliphatic rings. The zero-order valence-electron chi connectivity index (χ0n) is 15.9. The molecule has 1 unspecified atom stereocenters. The Kier molecular flexibility index (Phi) is 6.41. The summed E-state index contributed by atoms with van der Waals surface area (Å²) < 4.78 is 10.5. The third-order valence-corrected chi connectivity index (χ3v) is 5.08. The average molecular weight is 403 g/mol. The maximum atomic E-state index is 13.0. The van der Waals surface area contributed by atoms with E-state index < -0.39 is 6.04 Å². The Hall–Kier alpha value is -2.73. The van der Waals surface area contributed by atoms with Crippen LogP contribution in [0.25, 0.3) is 0 Å². The highest BCUT2D eigenvalue weighted by atomic mass is 35.5. The lowest BCUT2D eigenvalue weighted by atomic mass is 10.1. The molecule has 1 atom stereocenters. The summed E-state index contributed by atoms with van der Waals surface area (Å²) in [6.07, 6.45) is 1.43. The molecule has 148 valence electrons. The number of likely N-dealkylation sites (tertiary alicyclic amines) is 1. The van der Waals surface area contributed by atoms with Gasteiger partial charge in [-0.3, -0.25) is 9.59 Å². The molecule has 1 fully saturated rings. The van der Waals surface area contributed by atoms with E-state index in [0.717, 1.165) is 12.0 Å². The zero-order chi connectivity index (χ0) is 20.1. The molecular formula is C21H23ClN2O4. The van der Waals surface area contributed by atoms with Gasteiger partial charge in [-0.15, -0.1) is 0 Å². The first-order valence-electron chi connectivity index (χ1n) is 9.08. The van der Waals surface area contributed by atoms with Crippen molar-refractivity contribution in [2.45, 2.75) is 25.4 Å². The number of nitrogens with one attached hydrogen (secondary N) is 1. The fraction of sp³-hybridized carbons (Fsp3) is 0.333. The van der Waals surface area contributed by atoms with E-state index in [1.165, 1.54) is 7.11 Å². The minimum Gasteiger partial charge on any atom is -0.493 e. The fourth-order valence-electron chi connectivity index (χ4n) is 3.33. The summed E-state index contributed by atoms with van der Waals surface area (Å²) in [7, 11) is 3.07. The molecule has 28 heavy (non-hydrogen) atoms. The maximum absolute atomic E-state index is 13.0. The van der Waals surface area contributed by atoms with Crippen LogP contribution in [0.5, 0.6) is 11.5 Å². The Balaban J connectivity index is 1.68. The van der Waals surface area contributed by atoms with Crippen molar-refractivity contribution in [3.63, 3.8) is 0 Å². The molecule has 6 nitrogen and oxygen atoms in total. The summed E-state index contributed by atoms with van der Waals surface area (Å²) in [5.74, 6) is 0.695. The van der Waals surface area contributed by atoms with Crippen LogP contribution in [0.1, 0.15) is 28.8 Å². The molecule has 2 amide bonds. The number of hydrogen-bond donors (Lipinski definition) is 1. The molecule has 0 aromatic heterocycles. The molecule has 0 bridgehead atoms. The van der Waals surface area contributed by atoms with Crippen LogP contribution in [0.15, 0.2) is 42.5 Å². The van der Waals surface area contributed by atoms with E-state index in [1.807, 2.05) is 12.1 Å². The van der Waals surface area contributed by atoms with Crippen molar-refractivity contribution in [1.82, 2.24) is 10.2 Å². The summed E-state index contributed by atoms with van der Waals surface area (Å²) in [5, 5.41) is 3.57. The van der Waals surface area contributed by atoms with Crippen LogP contribution in [-0.2, 0) is 11.3 Å². The first kappa shape index (κ1) is 20.0. The van der Waals surface area contributed by atoms with Gasteiger partial charge in [0.25, 0.3) is 5.91 Å². The minimum absolute atomic E-state index is 0.152. The number of carbonyl (C=O) groups excluding carboxylic acids is 2. The Bertz CT molecular complexity index is 854. The molecule has 2 aromatic carbocycles. The summed E-state index contributed by atoms with van der Waals surface area (Å²) in [4.78, 5) is 27.3. The van der Waals surface area contributed by atoms with Crippen LogP contribution in [0.4, 0.5) is 0 Å². The lowest BCUT2D eigenvalue weighted by molar-refractivity contribution is -0.125. The lowest BCUT2D eigenvalue weighted by Crippen LogP contribution is -2.45. The second-order valence-corrected chi connectivity index (χ2v) is 7.01. The van der Waals surface area contributed by atoms with Crippen molar-refractivity contribution in [3.8, 4) is 11.5 Å². The molecule has 7 heteroatoms. The van der Waals surface area contributed by atoms with E-state index in [4.69, 9.17) is 21.1 Å². The standard InChI is InChI=1S/C21H23ClN2O4/c1-27-18-10-7-15(12-19(18)28-2)21(26)24-11-3-4-17(24)20(25)23-13-14-5-8-16(22)9-6-14/h5-10,12,17H,3-4,11,13H2,1-2H3,(H,23,25). The highest BCUT2D eigenvalue weighted by Gasteiger charge is 2.34.